The highest BCUT2D eigenvalue weighted by molar-refractivity contribution is 6.10. The van der Waals surface area contributed by atoms with Crippen molar-refractivity contribution < 1.29 is 9.59 Å². The molecule has 3 atom stereocenters. The minimum Gasteiger partial charge on any atom is -0.381 e. The van der Waals surface area contributed by atoms with Crippen LogP contribution in [0.3, 0.4) is 0 Å². The number of amidine groups is 1. The van der Waals surface area contributed by atoms with Crippen LogP contribution in [-0.2, 0) is 4.79 Å². The second kappa shape index (κ2) is 9.38. The van der Waals surface area contributed by atoms with Crippen molar-refractivity contribution in [3.63, 3.8) is 0 Å². The highest BCUT2D eigenvalue weighted by Gasteiger charge is 2.42. The molecule has 1 aliphatic heterocycles. The van der Waals surface area contributed by atoms with Gasteiger partial charge >= 0.3 is 0 Å². The predicted molar refractivity (Wildman–Crippen MR) is 137 cm³/mol. The maximum Gasteiger partial charge on any atom is 0.259 e. The van der Waals surface area contributed by atoms with Crippen molar-refractivity contribution in [2.45, 2.75) is 25.9 Å². The molecule has 2 unspecified atom stereocenters. The molecule has 10 heteroatoms. The van der Waals surface area contributed by atoms with Gasteiger partial charge in [0.05, 0.1) is 23.7 Å². The Balaban J connectivity index is 1.49. The minimum absolute atomic E-state index is 0.0579. The van der Waals surface area contributed by atoms with E-state index in [2.05, 4.69) is 32.7 Å². The van der Waals surface area contributed by atoms with E-state index in [1.807, 2.05) is 48.6 Å². The van der Waals surface area contributed by atoms with Gasteiger partial charge in [-0.3, -0.25) is 20.0 Å². The van der Waals surface area contributed by atoms with Gasteiger partial charge in [0, 0.05) is 18.0 Å². The third-order valence-electron chi connectivity index (χ3n) is 5.93. The van der Waals surface area contributed by atoms with E-state index in [4.69, 9.17) is 10.7 Å². The molecule has 5 rings (SSSR count). The molecule has 0 saturated carbocycles. The van der Waals surface area contributed by atoms with Crippen LogP contribution in [0.25, 0.3) is 5.65 Å². The molecule has 3 aromatic rings. The molecule has 0 radical (unpaired) electrons. The summed E-state index contributed by atoms with van der Waals surface area (Å²) in [5, 5.41) is 8.45. The topological polar surface area (TPSA) is 130 Å². The largest absolute Gasteiger partial charge is 0.381 e. The molecule has 1 aliphatic carbocycles. The summed E-state index contributed by atoms with van der Waals surface area (Å²) in [6, 6.07) is 9.89. The molecule has 180 valence electrons. The van der Waals surface area contributed by atoms with E-state index in [9.17, 15) is 9.59 Å². The number of nitrogens with two attached hydrogens (primary N) is 1. The summed E-state index contributed by atoms with van der Waals surface area (Å²) in [6.45, 7) is 3.49. The zero-order valence-electron chi connectivity index (χ0n) is 19.7. The van der Waals surface area contributed by atoms with Crippen LogP contribution in [0.15, 0.2) is 77.6 Å². The lowest BCUT2D eigenvalue weighted by Crippen LogP contribution is -2.58. The number of carbonyl (C=O) groups excluding carboxylic acids is 2. The fraction of sp³-hybridized carbons (Fsp3) is 0.192. The summed E-state index contributed by atoms with van der Waals surface area (Å²) in [4.78, 5) is 36.1. The van der Waals surface area contributed by atoms with Crippen LogP contribution in [0.4, 0.5) is 11.5 Å². The van der Waals surface area contributed by atoms with Gasteiger partial charge in [-0.2, -0.15) is 0 Å². The first kappa shape index (κ1) is 22.9. The Labute approximate surface area is 207 Å². The van der Waals surface area contributed by atoms with Gasteiger partial charge in [0.15, 0.2) is 11.5 Å². The molecule has 1 aromatic carbocycles. The quantitative estimate of drug-likeness (QED) is 0.480. The monoisotopic (exact) mass is 480 g/mol. The normalized spacial score (nSPS) is 19.5. The number of allylic oxidation sites excluding steroid dienone is 2. The van der Waals surface area contributed by atoms with Crippen LogP contribution in [0.5, 0.6) is 0 Å². The molecule has 36 heavy (non-hydrogen) atoms. The third kappa shape index (κ3) is 4.07. The SMILES string of the molecule is CC#CC1=CC=CC2N=C([C@@H](C)NC(=O)c3c(N)nn4cccnc34)N(Nc3ccccc3)C(=O)C12. The average Bonchev–Trinajstić information content (AvgIpc) is 3.22. The van der Waals surface area contributed by atoms with Gasteiger partial charge in [-0.25, -0.2) is 14.5 Å². The second-order valence-corrected chi connectivity index (χ2v) is 8.33. The molecule has 0 bridgehead atoms. The number of amides is 2. The lowest BCUT2D eigenvalue weighted by Gasteiger charge is -2.38. The molecule has 0 saturated heterocycles. The number of rotatable bonds is 5. The average molecular weight is 481 g/mol. The highest BCUT2D eigenvalue weighted by atomic mass is 16.2. The van der Waals surface area contributed by atoms with Gasteiger partial charge in [0.1, 0.15) is 11.4 Å². The lowest BCUT2D eigenvalue weighted by molar-refractivity contribution is -0.130. The maximum atomic E-state index is 13.8. The number of nitrogens with one attached hydrogen (secondary N) is 2. The third-order valence-corrected chi connectivity index (χ3v) is 5.93. The van der Waals surface area contributed by atoms with Gasteiger partial charge in [0.2, 0.25) is 0 Å². The molecule has 0 spiro atoms. The van der Waals surface area contributed by atoms with Gasteiger partial charge in [0.25, 0.3) is 11.8 Å². The number of hydrazine groups is 1. The number of anilines is 2. The van der Waals surface area contributed by atoms with E-state index in [1.54, 1.807) is 32.3 Å². The van der Waals surface area contributed by atoms with Crippen LogP contribution in [0, 0.1) is 17.8 Å². The number of para-hydroxylation sites is 1. The van der Waals surface area contributed by atoms with E-state index < -0.39 is 23.9 Å². The van der Waals surface area contributed by atoms with Crippen molar-refractivity contribution in [1.82, 2.24) is 24.9 Å². The fourth-order valence-corrected chi connectivity index (χ4v) is 4.31. The van der Waals surface area contributed by atoms with E-state index in [0.29, 0.717) is 22.7 Å². The summed E-state index contributed by atoms with van der Waals surface area (Å²) in [7, 11) is 0. The molecular weight excluding hydrogens is 456 g/mol. The summed E-state index contributed by atoms with van der Waals surface area (Å²) in [6.07, 6.45) is 8.78. The van der Waals surface area contributed by atoms with Gasteiger partial charge in [-0.1, -0.05) is 36.3 Å². The van der Waals surface area contributed by atoms with Crippen LogP contribution in [0.2, 0.25) is 0 Å². The first-order chi connectivity index (χ1) is 17.5. The first-order valence-corrected chi connectivity index (χ1v) is 11.4. The number of aromatic nitrogens is 3. The summed E-state index contributed by atoms with van der Waals surface area (Å²) >= 11 is 0. The van der Waals surface area contributed by atoms with E-state index >= 15 is 0 Å². The molecule has 2 aliphatic rings. The number of nitrogens with zero attached hydrogens (tertiary/aromatic N) is 5. The lowest BCUT2D eigenvalue weighted by atomic mass is 9.85. The molecule has 2 aromatic heterocycles. The zero-order chi connectivity index (χ0) is 25.2. The number of benzene rings is 1. The Morgan fingerprint density at radius 1 is 1.22 bits per heavy atom. The van der Waals surface area contributed by atoms with Crippen LogP contribution >= 0.6 is 0 Å². The zero-order valence-corrected chi connectivity index (χ0v) is 19.7. The van der Waals surface area contributed by atoms with Crippen LogP contribution in [0.1, 0.15) is 24.2 Å². The number of fused-ring (bicyclic) bond motifs is 2. The predicted octanol–water partition coefficient (Wildman–Crippen LogP) is 2.20. The Hall–Kier alpha value is -4.91. The van der Waals surface area contributed by atoms with Crippen molar-refractivity contribution in [2.75, 3.05) is 11.2 Å². The maximum absolute atomic E-state index is 13.8. The highest BCUT2D eigenvalue weighted by Crippen LogP contribution is 2.30. The number of hydrogen-bond acceptors (Lipinski definition) is 7. The summed E-state index contributed by atoms with van der Waals surface area (Å²) < 4.78 is 1.44. The summed E-state index contributed by atoms with van der Waals surface area (Å²) in [5.74, 6) is 5.07. The summed E-state index contributed by atoms with van der Waals surface area (Å²) in [5.41, 5.74) is 11.1. The van der Waals surface area contributed by atoms with Gasteiger partial charge in [-0.15, -0.1) is 11.0 Å². The Morgan fingerprint density at radius 2 is 2.03 bits per heavy atom. The molecule has 10 nitrogen and oxygen atoms in total. The van der Waals surface area contributed by atoms with E-state index in [-0.39, 0.29) is 17.3 Å². The van der Waals surface area contributed by atoms with Crippen molar-refractivity contribution in [3.8, 4) is 11.8 Å². The fourth-order valence-electron chi connectivity index (χ4n) is 4.31. The molecule has 4 N–H and O–H groups in total. The first-order valence-electron chi connectivity index (χ1n) is 11.4. The molecule has 0 fully saturated rings. The number of carbonyl (C=O) groups is 2. The van der Waals surface area contributed by atoms with Crippen molar-refractivity contribution in [2.24, 2.45) is 10.9 Å². The van der Waals surface area contributed by atoms with Crippen LogP contribution < -0.4 is 16.5 Å². The van der Waals surface area contributed by atoms with Crippen molar-refractivity contribution >= 4 is 34.8 Å². The molecule has 3 heterocycles. The van der Waals surface area contributed by atoms with E-state index in [1.165, 1.54) is 9.52 Å². The number of aliphatic imine (C=N–C) groups is 1. The van der Waals surface area contributed by atoms with E-state index in [0.717, 1.165) is 0 Å². The minimum atomic E-state index is -0.656. The van der Waals surface area contributed by atoms with Gasteiger partial charge < -0.3 is 11.1 Å². The Morgan fingerprint density at radius 3 is 2.81 bits per heavy atom. The molecule has 2 amide bonds. The van der Waals surface area contributed by atoms with Crippen LogP contribution in [-0.4, -0.2) is 49.3 Å². The number of hydrogen-bond donors (Lipinski definition) is 3. The second-order valence-electron chi connectivity index (χ2n) is 8.33. The van der Waals surface area contributed by atoms with Crippen molar-refractivity contribution in [1.29, 1.82) is 0 Å². The smallest absolute Gasteiger partial charge is 0.259 e. The Kier molecular flexibility index (Phi) is 5.96. The number of nitrogen functional groups attached to an aromatic ring is 1. The Bertz CT molecular complexity index is 1490. The van der Waals surface area contributed by atoms with Crippen molar-refractivity contribution in [3.05, 3.63) is 78.2 Å². The standard InChI is InChI=1S/C26H24N8O2/c1-3-9-17-10-7-13-19-20(17)26(36)34(31-18-11-5-4-6-12-18)23(30-19)16(2)29-25(35)21-22(27)32-33-15-8-14-28-24(21)33/h4-8,10-16,19-20,31H,1-2H3,(H2,27,32)(H,29,35)/t16-,19?,20?/m1/s1. The van der Waals surface area contributed by atoms with Gasteiger partial charge in [-0.05, 0) is 38.1 Å². The molecular formula is C26H24N8O2.